The number of anilines is 1. The number of methoxy groups -OCH3 is 1. The summed E-state index contributed by atoms with van der Waals surface area (Å²) in [6, 6.07) is 5.71. The lowest BCUT2D eigenvalue weighted by Gasteiger charge is -2.22. The fourth-order valence-corrected chi connectivity index (χ4v) is 2.87. The molecule has 110 valence electrons. The van der Waals surface area contributed by atoms with E-state index in [9.17, 15) is 4.79 Å². The number of ether oxygens (including phenoxy) is 1. The first-order chi connectivity index (χ1) is 9.45. The van der Waals surface area contributed by atoms with Gasteiger partial charge in [0.25, 0.3) is 5.91 Å². The van der Waals surface area contributed by atoms with Crippen LogP contribution in [0.4, 0.5) is 5.69 Å². The molecule has 2 N–H and O–H groups in total. The number of carbonyl (C=O) groups excluding carboxylic acids is 1. The van der Waals surface area contributed by atoms with E-state index in [-0.39, 0.29) is 5.91 Å². The molecular formula is C15H23N3O2. The smallest absolute Gasteiger partial charge is 0.256 e. The first kappa shape index (κ1) is 14.7. The molecule has 0 radical (unpaired) electrons. The fraction of sp³-hybridized carbons (Fsp3) is 0.533. The summed E-state index contributed by atoms with van der Waals surface area (Å²) in [4.78, 5) is 16.7. The van der Waals surface area contributed by atoms with Gasteiger partial charge < -0.3 is 20.3 Å². The van der Waals surface area contributed by atoms with Gasteiger partial charge in [0.1, 0.15) is 5.75 Å². The molecule has 5 nitrogen and oxygen atoms in total. The molecule has 1 heterocycles. The summed E-state index contributed by atoms with van der Waals surface area (Å²) in [5.41, 5.74) is 6.95. The second-order valence-electron chi connectivity index (χ2n) is 5.64. The Hall–Kier alpha value is -1.75. The molecule has 5 heteroatoms. The Morgan fingerprint density at radius 3 is 2.65 bits per heavy atom. The second-order valence-corrected chi connectivity index (χ2v) is 5.64. The topological polar surface area (TPSA) is 58.8 Å². The third kappa shape index (κ3) is 2.58. The van der Waals surface area contributed by atoms with E-state index in [2.05, 4.69) is 25.9 Å². The SMILES string of the molecule is COc1cccc(C(=O)N2CC(C)C(N(C)C)C2)c1N. The standard InChI is InChI=1S/C15H23N3O2/c1-10-8-18(9-12(10)17(2)3)15(19)11-6-5-7-13(20-4)14(11)16/h5-7,10,12H,8-9,16H2,1-4H3. The molecule has 2 rings (SSSR count). The molecule has 0 bridgehead atoms. The maximum Gasteiger partial charge on any atom is 0.256 e. The molecule has 1 amide bonds. The minimum absolute atomic E-state index is 0.0161. The second kappa shape index (κ2) is 5.71. The van der Waals surface area contributed by atoms with Gasteiger partial charge in [0.2, 0.25) is 0 Å². The number of para-hydroxylation sites is 1. The summed E-state index contributed by atoms with van der Waals surface area (Å²) >= 11 is 0. The van der Waals surface area contributed by atoms with Crippen LogP contribution in [0.2, 0.25) is 0 Å². The van der Waals surface area contributed by atoms with E-state index in [0.29, 0.717) is 29.0 Å². The number of likely N-dealkylation sites (tertiary alicyclic amines) is 1. The van der Waals surface area contributed by atoms with Gasteiger partial charge in [0.05, 0.1) is 18.4 Å². The quantitative estimate of drug-likeness (QED) is 0.846. The molecule has 2 atom stereocenters. The minimum atomic E-state index is -0.0161. The average molecular weight is 277 g/mol. The number of rotatable bonds is 3. The van der Waals surface area contributed by atoms with E-state index in [1.54, 1.807) is 25.3 Å². The summed E-state index contributed by atoms with van der Waals surface area (Å²) in [6.07, 6.45) is 0. The first-order valence-corrected chi connectivity index (χ1v) is 6.84. The molecule has 1 aliphatic rings. The number of amides is 1. The molecule has 0 saturated carbocycles. The summed E-state index contributed by atoms with van der Waals surface area (Å²) in [5, 5.41) is 0. The van der Waals surface area contributed by atoms with Crippen molar-refractivity contribution in [2.24, 2.45) is 5.92 Å². The Morgan fingerprint density at radius 2 is 2.10 bits per heavy atom. The number of benzene rings is 1. The van der Waals surface area contributed by atoms with E-state index in [0.717, 1.165) is 13.1 Å². The number of nitrogens with two attached hydrogens (primary N) is 1. The molecule has 1 aromatic rings. The highest BCUT2D eigenvalue weighted by Gasteiger charge is 2.34. The number of carbonyl (C=O) groups is 1. The molecule has 1 fully saturated rings. The van der Waals surface area contributed by atoms with Gasteiger partial charge in [-0.05, 0) is 32.1 Å². The van der Waals surface area contributed by atoms with Crippen LogP contribution in [0.3, 0.4) is 0 Å². The van der Waals surface area contributed by atoms with Crippen molar-refractivity contribution in [1.29, 1.82) is 0 Å². The zero-order chi connectivity index (χ0) is 14.9. The highest BCUT2D eigenvalue weighted by Crippen LogP contribution is 2.28. The third-order valence-corrected chi connectivity index (χ3v) is 4.04. The van der Waals surface area contributed by atoms with Crippen molar-refractivity contribution < 1.29 is 9.53 Å². The summed E-state index contributed by atoms with van der Waals surface area (Å²) < 4.78 is 5.17. The van der Waals surface area contributed by atoms with E-state index in [1.165, 1.54) is 0 Å². The van der Waals surface area contributed by atoms with Crippen molar-refractivity contribution in [3.8, 4) is 5.75 Å². The number of likely N-dealkylation sites (N-methyl/N-ethyl adjacent to an activating group) is 1. The molecule has 2 unspecified atom stereocenters. The summed E-state index contributed by atoms with van der Waals surface area (Å²) in [5.74, 6) is 0.991. The average Bonchev–Trinajstić information content (AvgIpc) is 2.80. The number of hydrogen-bond acceptors (Lipinski definition) is 4. The molecule has 0 spiro atoms. The molecule has 0 aromatic heterocycles. The van der Waals surface area contributed by atoms with E-state index >= 15 is 0 Å². The highest BCUT2D eigenvalue weighted by molar-refractivity contribution is 6.00. The van der Waals surface area contributed by atoms with Gasteiger partial charge in [-0.15, -0.1) is 0 Å². The van der Waals surface area contributed by atoms with Crippen molar-refractivity contribution in [3.05, 3.63) is 23.8 Å². The Kier molecular flexibility index (Phi) is 4.18. The molecule has 1 aromatic carbocycles. The summed E-state index contributed by atoms with van der Waals surface area (Å²) in [7, 11) is 5.66. The van der Waals surface area contributed by atoms with Crippen molar-refractivity contribution >= 4 is 11.6 Å². The van der Waals surface area contributed by atoms with Crippen LogP contribution in [-0.4, -0.2) is 56.0 Å². The van der Waals surface area contributed by atoms with Crippen molar-refractivity contribution in [1.82, 2.24) is 9.80 Å². The van der Waals surface area contributed by atoms with Crippen molar-refractivity contribution in [2.45, 2.75) is 13.0 Å². The van der Waals surface area contributed by atoms with Gasteiger partial charge in [-0.25, -0.2) is 0 Å². The number of nitrogen functional groups attached to an aromatic ring is 1. The Balaban J connectivity index is 2.21. The maximum atomic E-state index is 12.6. The van der Waals surface area contributed by atoms with Crippen molar-refractivity contribution in [3.63, 3.8) is 0 Å². The lowest BCUT2D eigenvalue weighted by molar-refractivity contribution is 0.0782. The Morgan fingerprint density at radius 1 is 1.40 bits per heavy atom. The minimum Gasteiger partial charge on any atom is -0.495 e. The number of hydrogen-bond donors (Lipinski definition) is 1. The van der Waals surface area contributed by atoms with Crippen LogP contribution in [0.1, 0.15) is 17.3 Å². The lowest BCUT2D eigenvalue weighted by atomic mass is 10.1. The van der Waals surface area contributed by atoms with Crippen LogP contribution in [-0.2, 0) is 0 Å². The maximum absolute atomic E-state index is 12.6. The predicted octanol–water partition coefficient (Wildman–Crippen LogP) is 1.30. The van der Waals surface area contributed by atoms with Crippen LogP contribution in [0.15, 0.2) is 18.2 Å². The fourth-order valence-electron chi connectivity index (χ4n) is 2.87. The van der Waals surface area contributed by atoms with Gasteiger partial charge in [-0.3, -0.25) is 4.79 Å². The monoisotopic (exact) mass is 277 g/mol. The van der Waals surface area contributed by atoms with Crippen LogP contribution >= 0.6 is 0 Å². The van der Waals surface area contributed by atoms with Gasteiger partial charge in [0.15, 0.2) is 0 Å². The zero-order valence-electron chi connectivity index (χ0n) is 12.6. The van der Waals surface area contributed by atoms with Crippen LogP contribution in [0.5, 0.6) is 5.75 Å². The summed E-state index contributed by atoms with van der Waals surface area (Å²) in [6.45, 7) is 3.68. The van der Waals surface area contributed by atoms with Gasteiger partial charge in [-0.1, -0.05) is 13.0 Å². The molecule has 0 aliphatic carbocycles. The van der Waals surface area contributed by atoms with E-state index in [1.807, 2.05) is 4.90 Å². The molecular weight excluding hydrogens is 254 g/mol. The largest absolute Gasteiger partial charge is 0.495 e. The van der Waals surface area contributed by atoms with E-state index in [4.69, 9.17) is 10.5 Å². The molecule has 1 saturated heterocycles. The molecule has 20 heavy (non-hydrogen) atoms. The normalized spacial score (nSPS) is 22.4. The van der Waals surface area contributed by atoms with Gasteiger partial charge in [0, 0.05) is 19.1 Å². The highest BCUT2D eigenvalue weighted by atomic mass is 16.5. The lowest BCUT2D eigenvalue weighted by Crippen LogP contribution is -2.36. The van der Waals surface area contributed by atoms with Crippen LogP contribution < -0.4 is 10.5 Å². The van der Waals surface area contributed by atoms with E-state index < -0.39 is 0 Å². The predicted molar refractivity (Wildman–Crippen MR) is 79.9 cm³/mol. The van der Waals surface area contributed by atoms with Crippen LogP contribution in [0, 0.1) is 5.92 Å². The van der Waals surface area contributed by atoms with Crippen molar-refractivity contribution in [2.75, 3.05) is 40.0 Å². The number of nitrogens with zero attached hydrogens (tertiary/aromatic N) is 2. The Bertz CT molecular complexity index is 502. The van der Waals surface area contributed by atoms with Gasteiger partial charge in [-0.2, -0.15) is 0 Å². The third-order valence-electron chi connectivity index (χ3n) is 4.04. The Labute approximate surface area is 120 Å². The molecule has 1 aliphatic heterocycles. The first-order valence-electron chi connectivity index (χ1n) is 6.84. The zero-order valence-corrected chi connectivity index (χ0v) is 12.6. The van der Waals surface area contributed by atoms with Crippen LogP contribution in [0.25, 0.3) is 0 Å². The van der Waals surface area contributed by atoms with Gasteiger partial charge >= 0.3 is 0 Å².